The number of halogens is 4. The van der Waals surface area contributed by atoms with Gasteiger partial charge in [-0.3, -0.25) is 5.41 Å². The second-order valence-corrected chi connectivity index (χ2v) is 5.17. The van der Waals surface area contributed by atoms with Crippen molar-refractivity contribution in [2.45, 2.75) is 18.3 Å². The molecule has 1 unspecified atom stereocenters. The zero-order valence-electron chi connectivity index (χ0n) is 8.81. The molecular formula is C10H10ClF3N2S. The predicted molar refractivity (Wildman–Crippen MR) is 64.4 cm³/mol. The van der Waals surface area contributed by atoms with E-state index in [0.717, 1.165) is 17.8 Å². The maximum absolute atomic E-state index is 12.7. The monoisotopic (exact) mass is 282 g/mol. The van der Waals surface area contributed by atoms with Gasteiger partial charge in [0.25, 0.3) is 0 Å². The molecule has 94 valence electrons. The van der Waals surface area contributed by atoms with E-state index < -0.39 is 17.0 Å². The summed E-state index contributed by atoms with van der Waals surface area (Å²) in [6.45, 7) is 1.55. The highest BCUT2D eigenvalue weighted by atomic mass is 35.5. The van der Waals surface area contributed by atoms with Gasteiger partial charge in [0.1, 0.15) is 0 Å². The Hall–Kier alpha value is -0.880. The molecule has 0 fully saturated rings. The highest BCUT2D eigenvalue weighted by molar-refractivity contribution is 8.13. The van der Waals surface area contributed by atoms with E-state index in [1.807, 2.05) is 0 Å². The highest BCUT2D eigenvalue weighted by Gasteiger charge is 2.34. The van der Waals surface area contributed by atoms with Crippen molar-refractivity contribution in [1.82, 2.24) is 0 Å². The van der Waals surface area contributed by atoms with Crippen LogP contribution in [0, 0.1) is 5.41 Å². The molecule has 0 aliphatic carbocycles. The largest absolute Gasteiger partial charge is 0.416 e. The zero-order valence-corrected chi connectivity index (χ0v) is 10.4. The van der Waals surface area contributed by atoms with Gasteiger partial charge in [0.15, 0.2) is 5.17 Å². The molecule has 2 nitrogen and oxygen atoms in total. The van der Waals surface area contributed by atoms with Crippen LogP contribution in [0.4, 0.5) is 13.2 Å². The number of benzene rings is 1. The number of nitrogens with one attached hydrogen (secondary N) is 1. The van der Waals surface area contributed by atoms with Gasteiger partial charge in [0, 0.05) is 10.3 Å². The molecule has 1 aromatic carbocycles. The lowest BCUT2D eigenvalue weighted by Crippen LogP contribution is -2.12. The molecule has 17 heavy (non-hydrogen) atoms. The molecule has 0 aliphatic rings. The maximum Gasteiger partial charge on any atom is 0.416 e. The maximum atomic E-state index is 12.7. The van der Waals surface area contributed by atoms with Crippen LogP contribution in [-0.4, -0.2) is 5.17 Å². The lowest BCUT2D eigenvalue weighted by atomic mass is 10.0. The Morgan fingerprint density at radius 2 is 2.06 bits per heavy atom. The van der Waals surface area contributed by atoms with Crippen molar-refractivity contribution in [2.75, 3.05) is 0 Å². The van der Waals surface area contributed by atoms with Crippen LogP contribution in [0.5, 0.6) is 0 Å². The third-order valence-corrected chi connectivity index (χ3v) is 3.16. The van der Waals surface area contributed by atoms with E-state index in [1.165, 1.54) is 12.1 Å². The molecule has 0 aromatic heterocycles. The van der Waals surface area contributed by atoms with Crippen LogP contribution >= 0.6 is 23.4 Å². The molecule has 0 bridgehead atoms. The minimum Gasteiger partial charge on any atom is -0.379 e. The Kier molecular flexibility index (Phi) is 4.32. The molecule has 0 radical (unpaired) electrons. The summed E-state index contributed by atoms with van der Waals surface area (Å²) < 4.78 is 38.2. The van der Waals surface area contributed by atoms with Crippen LogP contribution in [0.15, 0.2) is 18.2 Å². The summed E-state index contributed by atoms with van der Waals surface area (Å²) in [7, 11) is 0. The summed E-state index contributed by atoms with van der Waals surface area (Å²) in [4.78, 5) is 0. The summed E-state index contributed by atoms with van der Waals surface area (Å²) in [6.07, 6.45) is -4.44. The summed E-state index contributed by atoms with van der Waals surface area (Å²) >= 11 is 6.53. The van der Waals surface area contributed by atoms with E-state index in [1.54, 1.807) is 6.92 Å². The Bertz CT molecular complexity index is 434. The van der Waals surface area contributed by atoms with Crippen molar-refractivity contribution in [3.05, 3.63) is 34.3 Å². The average Bonchev–Trinajstić information content (AvgIpc) is 2.14. The van der Waals surface area contributed by atoms with Gasteiger partial charge in [0.05, 0.1) is 5.56 Å². The lowest BCUT2D eigenvalue weighted by molar-refractivity contribution is -0.138. The average molecular weight is 283 g/mol. The van der Waals surface area contributed by atoms with E-state index >= 15 is 0 Å². The number of hydrogen-bond acceptors (Lipinski definition) is 2. The van der Waals surface area contributed by atoms with Crippen LogP contribution in [0.3, 0.4) is 0 Å². The number of thioether (sulfide) groups is 1. The Morgan fingerprint density at radius 1 is 1.47 bits per heavy atom. The zero-order chi connectivity index (χ0) is 13.2. The van der Waals surface area contributed by atoms with E-state index in [0.29, 0.717) is 0 Å². The van der Waals surface area contributed by atoms with Gasteiger partial charge in [0.2, 0.25) is 0 Å². The van der Waals surface area contributed by atoms with Gasteiger partial charge in [-0.1, -0.05) is 23.4 Å². The van der Waals surface area contributed by atoms with E-state index in [-0.39, 0.29) is 15.8 Å². The van der Waals surface area contributed by atoms with Crippen molar-refractivity contribution < 1.29 is 13.2 Å². The standard InChI is InChI=1S/C10H10ClF3N2S/c1-5(17-9(15)16)7-4-6(11)2-3-8(7)10(12,13)14/h2-5H,1H3,(H3,15,16). The quantitative estimate of drug-likeness (QED) is 0.635. The van der Waals surface area contributed by atoms with Crippen molar-refractivity contribution in [2.24, 2.45) is 5.73 Å². The van der Waals surface area contributed by atoms with Gasteiger partial charge in [-0.25, -0.2) is 0 Å². The molecule has 0 saturated carbocycles. The second kappa shape index (κ2) is 5.18. The first-order valence-corrected chi connectivity index (χ1v) is 5.85. The van der Waals surface area contributed by atoms with Gasteiger partial charge < -0.3 is 5.73 Å². The molecular weight excluding hydrogens is 273 g/mol. The minimum absolute atomic E-state index is 0.0326. The third kappa shape index (κ3) is 3.81. The van der Waals surface area contributed by atoms with Crippen LogP contribution in [0.25, 0.3) is 0 Å². The topological polar surface area (TPSA) is 49.9 Å². The van der Waals surface area contributed by atoms with Crippen molar-refractivity contribution in [3.63, 3.8) is 0 Å². The van der Waals surface area contributed by atoms with Crippen molar-refractivity contribution in [1.29, 1.82) is 5.41 Å². The fourth-order valence-electron chi connectivity index (χ4n) is 1.38. The molecule has 0 amide bonds. The Labute approximate surface area is 106 Å². The van der Waals surface area contributed by atoms with Crippen LogP contribution < -0.4 is 5.73 Å². The number of rotatable bonds is 2. The van der Waals surface area contributed by atoms with Crippen LogP contribution in [-0.2, 0) is 6.18 Å². The second-order valence-electron chi connectivity index (χ2n) is 3.35. The number of nitrogens with two attached hydrogens (primary N) is 1. The normalized spacial score (nSPS) is 13.5. The minimum atomic E-state index is -4.44. The van der Waals surface area contributed by atoms with Crippen molar-refractivity contribution in [3.8, 4) is 0 Å². The summed E-state index contributed by atoms with van der Waals surface area (Å²) in [5.41, 5.74) is 4.45. The fraction of sp³-hybridized carbons (Fsp3) is 0.300. The van der Waals surface area contributed by atoms with Crippen LogP contribution in [0.2, 0.25) is 5.02 Å². The smallest absolute Gasteiger partial charge is 0.379 e. The number of alkyl halides is 3. The SMILES string of the molecule is CC(SC(=N)N)c1cc(Cl)ccc1C(F)(F)F. The molecule has 7 heteroatoms. The fourth-order valence-corrected chi connectivity index (χ4v) is 2.27. The first kappa shape index (κ1) is 14.2. The highest BCUT2D eigenvalue weighted by Crippen LogP contribution is 2.39. The van der Waals surface area contributed by atoms with Gasteiger partial charge in [-0.05, 0) is 30.7 Å². The molecule has 1 rings (SSSR count). The third-order valence-electron chi connectivity index (χ3n) is 2.06. The van der Waals surface area contributed by atoms with Crippen molar-refractivity contribution >= 4 is 28.5 Å². The molecule has 0 aliphatic heterocycles. The molecule has 1 aromatic rings. The summed E-state index contributed by atoms with van der Waals surface area (Å²) in [6, 6.07) is 3.39. The number of hydrogen-bond donors (Lipinski definition) is 2. The summed E-state index contributed by atoms with van der Waals surface area (Å²) in [5.74, 6) is 0. The van der Waals surface area contributed by atoms with Gasteiger partial charge >= 0.3 is 6.18 Å². The Balaban J connectivity index is 3.20. The first-order chi connectivity index (χ1) is 7.71. The molecule has 0 spiro atoms. The van der Waals surface area contributed by atoms with E-state index in [2.05, 4.69) is 0 Å². The lowest BCUT2D eigenvalue weighted by Gasteiger charge is -2.17. The van der Waals surface area contributed by atoms with Gasteiger partial charge in [-0.2, -0.15) is 13.2 Å². The van der Waals surface area contributed by atoms with E-state index in [9.17, 15) is 13.2 Å². The number of amidine groups is 1. The molecule has 0 saturated heterocycles. The van der Waals surface area contributed by atoms with E-state index in [4.69, 9.17) is 22.7 Å². The van der Waals surface area contributed by atoms with Gasteiger partial charge in [-0.15, -0.1) is 0 Å². The Morgan fingerprint density at radius 3 is 2.53 bits per heavy atom. The van der Waals surface area contributed by atoms with Crippen LogP contribution in [0.1, 0.15) is 23.3 Å². The molecule has 3 N–H and O–H groups in total. The first-order valence-electron chi connectivity index (χ1n) is 4.59. The molecule has 0 heterocycles. The predicted octanol–water partition coefficient (Wildman–Crippen LogP) is 4.05. The molecule has 1 atom stereocenters. The summed E-state index contributed by atoms with van der Waals surface area (Å²) in [5, 5.41) is 6.49.